The highest BCUT2D eigenvalue weighted by molar-refractivity contribution is 5.87. The smallest absolute Gasteiger partial charge is 0.341 e. The predicted molar refractivity (Wildman–Crippen MR) is 64.6 cm³/mol. The Morgan fingerprint density at radius 2 is 2.06 bits per heavy atom. The molecule has 1 N–H and O–H groups in total. The zero-order chi connectivity index (χ0) is 12.6. The van der Waals surface area contributed by atoms with Crippen LogP contribution in [-0.2, 0) is 0 Å². The van der Waals surface area contributed by atoms with Gasteiger partial charge in [0, 0.05) is 11.7 Å². The molecule has 0 unspecified atom stereocenters. The fourth-order valence-corrected chi connectivity index (χ4v) is 2.22. The fourth-order valence-electron chi connectivity index (χ4n) is 2.22. The van der Waals surface area contributed by atoms with Gasteiger partial charge in [-0.05, 0) is 37.3 Å². The molecular formula is C13H17NO3. The van der Waals surface area contributed by atoms with Gasteiger partial charge in [0.1, 0.15) is 5.56 Å². The highest BCUT2D eigenvalue weighted by Gasteiger charge is 2.25. The van der Waals surface area contributed by atoms with Gasteiger partial charge < -0.3 is 9.67 Å². The van der Waals surface area contributed by atoms with Gasteiger partial charge in [-0.25, -0.2) is 4.79 Å². The Morgan fingerprint density at radius 3 is 2.47 bits per heavy atom. The number of carboxylic acids is 1. The first-order valence-corrected chi connectivity index (χ1v) is 6.01. The first-order chi connectivity index (χ1) is 8.02. The van der Waals surface area contributed by atoms with Crippen LogP contribution < -0.4 is 5.56 Å². The van der Waals surface area contributed by atoms with E-state index in [-0.39, 0.29) is 23.1 Å². The van der Waals surface area contributed by atoms with Gasteiger partial charge in [0.2, 0.25) is 0 Å². The van der Waals surface area contributed by atoms with Gasteiger partial charge in [0.25, 0.3) is 5.56 Å². The zero-order valence-electron chi connectivity index (χ0n) is 10.1. The predicted octanol–water partition coefficient (Wildman–Crippen LogP) is 2.39. The molecule has 0 aromatic carbocycles. The monoisotopic (exact) mass is 235 g/mol. The van der Waals surface area contributed by atoms with E-state index in [1.807, 2.05) is 13.8 Å². The Kier molecular flexibility index (Phi) is 3.05. The van der Waals surface area contributed by atoms with E-state index in [0.717, 1.165) is 25.0 Å². The van der Waals surface area contributed by atoms with E-state index in [1.165, 1.54) is 6.07 Å². The first kappa shape index (κ1) is 11.9. The molecule has 1 heterocycles. The van der Waals surface area contributed by atoms with E-state index in [2.05, 4.69) is 0 Å². The third-order valence-electron chi connectivity index (χ3n) is 3.41. The number of rotatable bonds is 3. The van der Waals surface area contributed by atoms with Crippen LogP contribution in [0, 0.1) is 0 Å². The first-order valence-electron chi connectivity index (χ1n) is 6.01. The molecule has 0 saturated heterocycles. The molecule has 4 nitrogen and oxygen atoms in total. The maximum atomic E-state index is 12.2. The van der Waals surface area contributed by atoms with Crippen molar-refractivity contribution in [3.8, 4) is 0 Å². The second kappa shape index (κ2) is 4.35. The van der Waals surface area contributed by atoms with Crippen molar-refractivity contribution in [1.29, 1.82) is 0 Å². The number of carboxylic acid groups (broad SMARTS) is 1. The highest BCUT2D eigenvalue weighted by Crippen LogP contribution is 2.32. The molecule has 1 aliphatic rings. The van der Waals surface area contributed by atoms with Crippen molar-refractivity contribution in [2.75, 3.05) is 0 Å². The summed E-state index contributed by atoms with van der Waals surface area (Å²) in [5.74, 6) is -0.912. The molecular weight excluding hydrogens is 218 g/mol. The molecule has 1 fully saturated rings. The molecule has 0 bridgehead atoms. The standard InChI is InChI=1S/C13H17NO3/c1-8(2)11-7-6-10(13(16)17)12(15)14(11)9-4-3-5-9/h6-9H,3-5H2,1-2H3,(H,16,17). The van der Waals surface area contributed by atoms with Crippen molar-refractivity contribution in [3.63, 3.8) is 0 Å². The maximum Gasteiger partial charge on any atom is 0.341 e. The molecule has 92 valence electrons. The highest BCUT2D eigenvalue weighted by atomic mass is 16.4. The molecule has 0 aliphatic heterocycles. The lowest BCUT2D eigenvalue weighted by Gasteiger charge is -2.31. The number of aromatic nitrogens is 1. The topological polar surface area (TPSA) is 59.3 Å². The van der Waals surface area contributed by atoms with E-state index in [4.69, 9.17) is 5.11 Å². The van der Waals surface area contributed by atoms with Gasteiger partial charge >= 0.3 is 5.97 Å². The number of carbonyl (C=O) groups is 1. The number of aromatic carboxylic acids is 1. The van der Waals surface area contributed by atoms with Crippen LogP contribution >= 0.6 is 0 Å². The van der Waals surface area contributed by atoms with Crippen LogP contribution in [0.25, 0.3) is 0 Å². The Balaban J connectivity index is 2.60. The average molecular weight is 235 g/mol. The minimum Gasteiger partial charge on any atom is -0.477 e. The average Bonchev–Trinajstić information content (AvgIpc) is 2.17. The lowest BCUT2D eigenvalue weighted by Crippen LogP contribution is -2.35. The Bertz CT molecular complexity index is 498. The van der Waals surface area contributed by atoms with E-state index < -0.39 is 5.97 Å². The summed E-state index contributed by atoms with van der Waals surface area (Å²) in [6, 6.07) is 3.39. The van der Waals surface area contributed by atoms with E-state index in [0.29, 0.717) is 0 Å². The van der Waals surface area contributed by atoms with Crippen LogP contribution in [0.15, 0.2) is 16.9 Å². The van der Waals surface area contributed by atoms with Gasteiger partial charge in [0.05, 0.1) is 0 Å². The van der Waals surface area contributed by atoms with Crippen LogP contribution in [0.4, 0.5) is 0 Å². The SMILES string of the molecule is CC(C)c1ccc(C(=O)O)c(=O)n1C1CCC1. The molecule has 2 rings (SSSR count). The molecule has 1 aromatic heterocycles. The molecule has 1 saturated carbocycles. The fraction of sp³-hybridized carbons (Fsp3) is 0.538. The van der Waals surface area contributed by atoms with E-state index >= 15 is 0 Å². The third kappa shape index (κ3) is 1.99. The lowest BCUT2D eigenvalue weighted by atomic mass is 9.91. The summed E-state index contributed by atoms with van der Waals surface area (Å²) in [6.07, 6.45) is 3.07. The largest absolute Gasteiger partial charge is 0.477 e. The Hall–Kier alpha value is -1.58. The number of hydrogen-bond acceptors (Lipinski definition) is 2. The summed E-state index contributed by atoms with van der Waals surface area (Å²) in [7, 11) is 0. The summed E-state index contributed by atoms with van der Waals surface area (Å²) in [6.45, 7) is 4.04. The molecule has 4 heteroatoms. The van der Waals surface area contributed by atoms with Crippen LogP contribution in [0.3, 0.4) is 0 Å². The third-order valence-corrected chi connectivity index (χ3v) is 3.41. The molecule has 17 heavy (non-hydrogen) atoms. The van der Waals surface area contributed by atoms with Crippen LogP contribution in [-0.4, -0.2) is 15.6 Å². The summed E-state index contributed by atoms with van der Waals surface area (Å²) >= 11 is 0. The van der Waals surface area contributed by atoms with Gasteiger partial charge in [0.15, 0.2) is 0 Å². The normalized spacial score (nSPS) is 15.9. The maximum absolute atomic E-state index is 12.2. The van der Waals surface area contributed by atoms with Crippen molar-refractivity contribution in [2.24, 2.45) is 0 Å². The van der Waals surface area contributed by atoms with Crippen LogP contribution in [0.5, 0.6) is 0 Å². The number of hydrogen-bond donors (Lipinski definition) is 1. The van der Waals surface area contributed by atoms with Crippen molar-refractivity contribution >= 4 is 5.97 Å². The van der Waals surface area contributed by atoms with Crippen molar-refractivity contribution in [2.45, 2.75) is 45.1 Å². The van der Waals surface area contributed by atoms with E-state index in [9.17, 15) is 9.59 Å². The summed E-state index contributed by atoms with van der Waals surface area (Å²) < 4.78 is 1.69. The Morgan fingerprint density at radius 1 is 1.41 bits per heavy atom. The van der Waals surface area contributed by atoms with Crippen molar-refractivity contribution in [3.05, 3.63) is 33.7 Å². The second-order valence-electron chi connectivity index (χ2n) is 4.89. The molecule has 0 radical (unpaired) electrons. The summed E-state index contributed by atoms with van der Waals surface area (Å²) in [5, 5.41) is 8.98. The molecule has 0 atom stereocenters. The van der Waals surface area contributed by atoms with Gasteiger partial charge in [-0.1, -0.05) is 13.8 Å². The van der Waals surface area contributed by atoms with Gasteiger partial charge in [-0.2, -0.15) is 0 Å². The van der Waals surface area contributed by atoms with Crippen LogP contribution in [0.1, 0.15) is 61.1 Å². The minimum atomic E-state index is -1.14. The molecule has 0 amide bonds. The van der Waals surface area contributed by atoms with Crippen LogP contribution in [0.2, 0.25) is 0 Å². The van der Waals surface area contributed by atoms with Crippen molar-refractivity contribution in [1.82, 2.24) is 4.57 Å². The van der Waals surface area contributed by atoms with Crippen molar-refractivity contribution < 1.29 is 9.90 Å². The van der Waals surface area contributed by atoms with Gasteiger partial charge in [-0.3, -0.25) is 4.79 Å². The second-order valence-corrected chi connectivity index (χ2v) is 4.89. The quantitative estimate of drug-likeness (QED) is 0.875. The minimum absolute atomic E-state index is 0.124. The van der Waals surface area contributed by atoms with E-state index in [1.54, 1.807) is 10.6 Å². The molecule has 1 aromatic rings. The number of nitrogens with zero attached hydrogens (tertiary/aromatic N) is 1. The van der Waals surface area contributed by atoms with Gasteiger partial charge in [-0.15, -0.1) is 0 Å². The molecule has 0 spiro atoms. The Labute approximate surface area is 99.9 Å². The zero-order valence-corrected chi connectivity index (χ0v) is 10.1. The summed E-state index contributed by atoms with van der Waals surface area (Å²) in [4.78, 5) is 23.1. The molecule has 1 aliphatic carbocycles. The lowest BCUT2D eigenvalue weighted by molar-refractivity contribution is 0.0693. The number of pyridine rings is 1. The summed E-state index contributed by atoms with van der Waals surface area (Å²) in [5.41, 5.74) is 0.458.